The Hall–Kier alpha value is -0.980. The molecule has 1 aromatic rings. The van der Waals surface area contributed by atoms with Gasteiger partial charge >= 0.3 is 0 Å². The van der Waals surface area contributed by atoms with Crippen molar-refractivity contribution < 1.29 is 4.74 Å². The van der Waals surface area contributed by atoms with Gasteiger partial charge in [-0.1, -0.05) is 69.6 Å². The summed E-state index contributed by atoms with van der Waals surface area (Å²) in [6.45, 7) is 5.22. The molecule has 0 spiro atoms. The Morgan fingerprint density at radius 1 is 0.778 bits per heavy atom. The molecule has 0 saturated carbocycles. The highest BCUT2D eigenvalue weighted by molar-refractivity contribution is 5.26. The van der Waals surface area contributed by atoms with Crippen molar-refractivity contribution in [2.75, 3.05) is 6.61 Å². The molecule has 0 aliphatic heterocycles. The summed E-state index contributed by atoms with van der Waals surface area (Å²) in [5.41, 5.74) is 1.29. The van der Waals surface area contributed by atoms with Crippen molar-refractivity contribution in [1.82, 2.24) is 0 Å². The first-order chi connectivity index (χ1) is 8.83. The van der Waals surface area contributed by atoms with Crippen LogP contribution in [-0.2, 0) is 0 Å². The largest absolute Gasteiger partial charge is 0.494 e. The Bertz CT molecular complexity index is 289. The Labute approximate surface area is 113 Å². The summed E-state index contributed by atoms with van der Waals surface area (Å²) in [4.78, 5) is 0. The first kappa shape index (κ1) is 15.1. The van der Waals surface area contributed by atoms with E-state index in [1.54, 1.807) is 0 Å². The first-order valence-corrected chi connectivity index (χ1v) is 7.52. The molecule has 1 aromatic carbocycles. The van der Waals surface area contributed by atoms with Gasteiger partial charge in [0.25, 0.3) is 0 Å². The van der Waals surface area contributed by atoms with E-state index in [9.17, 15) is 0 Å². The molecule has 0 unspecified atom stereocenters. The number of unbranched alkanes of at least 4 members (excludes halogenated alkanes) is 7. The zero-order chi connectivity index (χ0) is 13.1. The van der Waals surface area contributed by atoms with Gasteiger partial charge in [-0.25, -0.2) is 0 Å². The van der Waals surface area contributed by atoms with Crippen LogP contribution in [0.1, 0.15) is 63.9 Å². The second kappa shape index (κ2) is 9.99. The standard InChI is InChI=1S/C17H28O/c1-3-4-5-6-7-8-9-10-15-18-17-13-11-16(2)12-14-17/h11-14H,3-10,15H2,1-2H3. The smallest absolute Gasteiger partial charge is 0.119 e. The molecule has 1 nitrogen and oxygen atoms in total. The fourth-order valence-electron chi connectivity index (χ4n) is 2.06. The van der Waals surface area contributed by atoms with Crippen molar-refractivity contribution in [3.05, 3.63) is 29.8 Å². The molecule has 0 radical (unpaired) electrons. The van der Waals surface area contributed by atoms with Crippen LogP contribution >= 0.6 is 0 Å². The Balaban J connectivity index is 1.91. The number of aryl methyl sites for hydroxylation is 1. The predicted molar refractivity (Wildman–Crippen MR) is 79.3 cm³/mol. The number of hydrogen-bond donors (Lipinski definition) is 0. The number of hydrogen-bond acceptors (Lipinski definition) is 1. The number of ether oxygens (including phenoxy) is 1. The van der Waals surface area contributed by atoms with Crippen LogP contribution in [0.2, 0.25) is 0 Å². The van der Waals surface area contributed by atoms with Crippen molar-refractivity contribution in [2.45, 2.75) is 65.2 Å². The van der Waals surface area contributed by atoms with Crippen molar-refractivity contribution in [3.8, 4) is 5.75 Å². The van der Waals surface area contributed by atoms with Gasteiger partial charge in [0.05, 0.1) is 6.61 Å². The molecule has 1 rings (SSSR count). The summed E-state index contributed by atoms with van der Waals surface area (Å²) in [6.07, 6.45) is 10.8. The molecule has 0 fully saturated rings. The lowest BCUT2D eigenvalue weighted by molar-refractivity contribution is 0.304. The molecule has 1 heteroatoms. The molecule has 0 saturated heterocycles. The van der Waals surface area contributed by atoms with Gasteiger partial charge in [0.2, 0.25) is 0 Å². The summed E-state index contributed by atoms with van der Waals surface area (Å²) in [7, 11) is 0. The fraction of sp³-hybridized carbons (Fsp3) is 0.647. The minimum absolute atomic E-state index is 0.859. The normalized spacial score (nSPS) is 10.6. The second-order valence-electron chi connectivity index (χ2n) is 5.14. The molecular formula is C17H28O. The monoisotopic (exact) mass is 248 g/mol. The van der Waals surface area contributed by atoms with E-state index in [2.05, 4.69) is 38.1 Å². The number of rotatable bonds is 10. The van der Waals surface area contributed by atoms with Crippen LogP contribution in [0.5, 0.6) is 5.75 Å². The third-order valence-corrected chi connectivity index (χ3v) is 3.29. The lowest BCUT2D eigenvalue weighted by atomic mass is 10.1. The Morgan fingerprint density at radius 2 is 1.33 bits per heavy atom. The van der Waals surface area contributed by atoms with E-state index < -0.39 is 0 Å². The van der Waals surface area contributed by atoms with Gasteiger partial charge in [-0.15, -0.1) is 0 Å². The third-order valence-electron chi connectivity index (χ3n) is 3.29. The van der Waals surface area contributed by atoms with Gasteiger partial charge in [-0.3, -0.25) is 0 Å². The zero-order valence-electron chi connectivity index (χ0n) is 12.1. The van der Waals surface area contributed by atoms with Crippen LogP contribution in [0.4, 0.5) is 0 Å². The van der Waals surface area contributed by atoms with E-state index in [4.69, 9.17) is 4.74 Å². The van der Waals surface area contributed by atoms with Crippen LogP contribution in [-0.4, -0.2) is 6.61 Å². The third kappa shape index (κ3) is 7.37. The topological polar surface area (TPSA) is 9.23 Å². The SMILES string of the molecule is CCCCCCCCCCOc1ccc(C)cc1. The minimum Gasteiger partial charge on any atom is -0.494 e. The molecule has 18 heavy (non-hydrogen) atoms. The average molecular weight is 248 g/mol. The highest BCUT2D eigenvalue weighted by Crippen LogP contribution is 2.13. The van der Waals surface area contributed by atoms with Crippen LogP contribution in [0, 0.1) is 6.92 Å². The molecule has 0 atom stereocenters. The molecule has 0 aliphatic carbocycles. The Morgan fingerprint density at radius 3 is 1.94 bits per heavy atom. The average Bonchev–Trinajstić information content (AvgIpc) is 2.39. The van der Waals surface area contributed by atoms with Crippen molar-refractivity contribution in [2.24, 2.45) is 0 Å². The Kier molecular flexibility index (Phi) is 8.37. The van der Waals surface area contributed by atoms with E-state index in [0.717, 1.165) is 12.4 Å². The molecular weight excluding hydrogens is 220 g/mol. The fourth-order valence-corrected chi connectivity index (χ4v) is 2.06. The van der Waals surface area contributed by atoms with E-state index in [1.807, 2.05) is 0 Å². The van der Waals surface area contributed by atoms with Gasteiger partial charge < -0.3 is 4.74 Å². The van der Waals surface area contributed by atoms with E-state index >= 15 is 0 Å². The molecule has 0 heterocycles. The summed E-state index contributed by atoms with van der Waals surface area (Å²) >= 11 is 0. The van der Waals surface area contributed by atoms with Crippen molar-refractivity contribution in [1.29, 1.82) is 0 Å². The summed E-state index contributed by atoms with van der Waals surface area (Å²) in [6, 6.07) is 8.31. The van der Waals surface area contributed by atoms with Gasteiger partial charge in [-0.05, 0) is 25.5 Å². The predicted octanol–water partition coefficient (Wildman–Crippen LogP) is 5.51. The maximum atomic E-state index is 5.71. The van der Waals surface area contributed by atoms with E-state index in [1.165, 1.54) is 56.9 Å². The van der Waals surface area contributed by atoms with Crippen molar-refractivity contribution >= 4 is 0 Å². The molecule has 0 aliphatic rings. The molecule has 0 aromatic heterocycles. The number of benzene rings is 1. The first-order valence-electron chi connectivity index (χ1n) is 7.52. The summed E-state index contributed by atoms with van der Waals surface area (Å²) in [5, 5.41) is 0. The molecule has 0 bridgehead atoms. The van der Waals surface area contributed by atoms with E-state index in [-0.39, 0.29) is 0 Å². The van der Waals surface area contributed by atoms with Crippen LogP contribution in [0.3, 0.4) is 0 Å². The lowest BCUT2D eigenvalue weighted by Crippen LogP contribution is -1.97. The maximum Gasteiger partial charge on any atom is 0.119 e. The highest BCUT2D eigenvalue weighted by atomic mass is 16.5. The molecule has 102 valence electrons. The zero-order valence-corrected chi connectivity index (χ0v) is 12.1. The van der Waals surface area contributed by atoms with E-state index in [0.29, 0.717) is 0 Å². The van der Waals surface area contributed by atoms with Crippen molar-refractivity contribution in [3.63, 3.8) is 0 Å². The van der Waals surface area contributed by atoms with Gasteiger partial charge in [0.1, 0.15) is 5.75 Å². The molecule has 0 N–H and O–H groups in total. The van der Waals surface area contributed by atoms with Crippen LogP contribution in [0.25, 0.3) is 0 Å². The maximum absolute atomic E-state index is 5.71. The quantitative estimate of drug-likeness (QED) is 0.496. The van der Waals surface area contributed by atoms with Gasteiger partial charge in [0, 0.05) is 0 Å². The van der Waals surface area contributed by atoms with Crippen LogP contribution in [0.15, 0.2) is 24.3 Å². The summed E-state index contributed by atoms with van der Waals surface area (Å²) in [5.74, 6) is 1.00. The lowest BCUT2D eigenvalue weighted by Gasteiger charge is -2.06. The van der Waals surface area contributed by atoms with Crippen LogP contribution < -0.4 is 4.74 Å². The van der Waals surface area contributed by atoms with Gasteiger partial charge in [0.15, 0.2) is 0 Å². The van der Waals surface area contributed by atoms with Gasteiger partial charge in [-0.2, -0.15) is 0 Å². The highest BCUT2D eigenvalue weighted by Gasteiger charge is 1.94. The summed E-state index contributed by atoms with van der Waals surface area (Å²) < 4.78 is 5.71. The minimum atomic E-state index is 0.859. The second-order valence-corrected chi connectivity index (χ2v) is 5.14. The molecule has 0 amide bonds.